The number of nitrogens with zero attached hydrogens (tertiary/aromatic N) is 2. The van der Waals surface area contributed by atoms with Crippen molar-refractivity contribution in [1.82, 2.24) is 15.5 Å². The number of aromatic nitrogens is 2. The summed E-state index contributed by atoms with van der Waals surface area (Å²) in [5, 5.41) is 9.94. The van der Waals surface area contributed by atoms with Gasteiger partial charge in [0.25, 0.3) is 5.91 Å². The van der Waals surface area contributed by atoms with E-state index in [9.17, 15) is 9.59 Å². The van der Waals surface area contributed by atoms with E-state index in [1.165, 1.54) is 11.8 Å². The van der Waals surface area contributed by atoms with E-state index < -0.39 is 6.03 Å². The summed E-state index contributed by atoms with van der Waals surface area (Å²) < 4.78 is 5.05. The molecule has 28 heavy (non-hydrogen) atoms. The number of benzene rings is 1. The third kappa shape index (κ3) is 5.34. The second-order valence-electron chi connectivity index (χ2n) is 5.94. The summed E-state index contributed by atoms with van der Waals surface area (Å²) in [6.45, 7) is 2.18. The van der Waals surface area contributed by atoms with Crippen LogP contribution in [-0.4, -0.2) is 22.1 Å². The molecule has 0 saturated heterocycles. The largest absolute Gasteiger partial charge is 0.361 e. The molecule has 4 N–H and O–H groups in total. The molecule has 1 aromatic carbocycles. The molecule has 0 bridgehead atoms. The number of thioether (sulfide) groups is 1. The molecule has 144 valence electrons. The second-order valence-corrected chi connectivity index (χ2v) is 6.91. The highest BCUT2D eigenvalue weighted by Crippen LogP contribution is 2.24. The average molecular weight is 397 g/mol. The van der Waals surface area contributed by atoms with Crippen molar-refractivity contribution in [3.63, 3.8) is 0 Å². The Labute approximate surface area is 165 Å². The zero-order chi connectivity index (χ0) is 19.9. The highest BCUT2D eigenvalue weighted by molar-refractivity contribution is 7.98. The van der Waals surface area contributed by atoms with Crippen LogP contribution in [0.4, 0.5) is 10.5 Å². The zero-order valence-corrected chi connectivity index (χ0v) is 16.0. The minimum atomic E-state index is -0.622. The van der Waals surface area contributed by atoms with Crippen molar-refractivity contribution in [2.45, 2.75) is 24.2 Å². The maximum Gasteiger partial charge on any atom is 0.316 e. The number of urea groups is 1. The SMILES string of the molecule is Cc1cc(CSc2ncccc2C(=O)NCc2ccc(NC(N)=O)cc2)no1. The molecular weight excluding hydrogens is 378 g/mol. The van der Waals surface area contributed by atoms with E-state index in [1.54, 1.807) is 42.6 Å². The van der Waals surface area contributed by atoms with Crippen molar-refractivity contribution < 1.29 is 14.1 Å². The van der Waals surface area contributed by atoms with Crippen LogP contribution in [-0.2, 0) is 12.3 Å². The van der Waals surface area contributed by atoms with Crippen LogP contribution in [0.1, 0.15) is 27.4 Å². The van der Waals surface area contributed by atoms with Crippen LogP contribution >= 0.6 is 11.8 Å². The summed E-state index contributed by atoms with van der Waals surface area (Å²) >= 11 is 1.42. The minimum Gasteiger partial charge on any atom is -0.361 e. The molecule has 3 amide bonds. The molecule has 0 aliphatic rings. The number of carbonyl (C=O) groups excluding carboxylic acids is 2. The third-order valence-electron chi connectivity index (χ3n) is 3.72. The van der Waals surface area contributed by atoms with Crippen LogP contribution in [0.15, 0.2) is 58.2 Å². The summed E-state index contributed by atoms with van der Waals surface area (Å²) in [5.41, 5.74) is 7.86. The Balaban J connectivity index is 1.60. The van der Waals surface area contributed by atoms with E-state index in [1.807, 2.05) is 13.0 Å². The Hall–Kier alpha value is -3.33. The topological polar surface area (TPSA) is 123 Å². The van der Waals surface area contributed by atoms with Gasteiger partial charge in [-0.3, -0.25) is 4.79 Å². The Kier molecular flexibility index (Phi) is 6.28. The number of hydrogen-bond donors (Lipinski definition) is 3. The van der Waals surface area contributed by atoms with Crippen molar-refractivity contribution in [3.05, 3.63) is 71.2 Å². The van der Waals surface area contributed by atoms with Crippen molar-refractivity contribution in [1.29, 1.82) is 0 Å². The minimum absolute atomic E-state index is 0.216. The van der Waals surface area contributed by atoms with Crippen LogP contribution < -0.4 is 16.4 Å². The fourth-order valence-corrected chi connectivity index (χ4v) is 3.30. The predicted molar refractivity (Wildman–Crippen MR) is 106 cm³/mol. The maximum atomic E-state index is 12.6. The molecule has 0 aliphatic carbocycles. The number of primary amides is 1. The van der Waals surface area contributed by atoms with E-state index in [0.29, 0.717) is 28.6 Å². The van der Waals surface area contributed by atoms with E-state index in [2.05, 4.69) is 20.8 Å². The number of nitrogens with two attached hydrogens (primary N) is 1. The smallest absolute Gasteiger partial charge is 0.316 e. The van der Waals surface area contributed by atoms with Crippen molar-refractivity contribution in [2.75, 3.05) is 5.32 Å². The summed E-state index contributed by atoms with van der Waals surface area (Å²) in [6.07, 6.45) is 1.65. The monoisotopic (exact) mass is 397 g/mol. The van der Waals surface area contributed by atoms with Crippen LogP contribution in [0.25, 0.3) is 0 Å². The molecule has 0 radical (unpaired) electrons. The van der Waals surface area contributed by atoms with Crippen LogP contribution in [0.2, 0.25) is 0 Å². The lowest BCUT2D eigenvalue weighted by Crippen LogP contribution is -2.23. The first-order valence-electron chi connectivity index (χ1n) is 8.45. The van der Waals surface area contributed by atoms with Crippen molar-refractivity contribution in [2.24, 2.45) is 5.73 Å². The normalized spacial score (nSPS) is 10.5. The molecule has 3 rings (SSSR count). The Morgan fingerprint density at radius 3 is 2.68 bits per heavy atom. The standard InChI is InChI=1S/C19H19N5O3S/c1-12-9-15(24-27-12)11-28-18-16(3-2-8-21-18)17(25)22-10-13-4-6-14(7-5-13)23-19(20)26/h2-9H,10-11H2,1H3,(H,22,25)(H3,20,23,26). The van der Waals surface area contributed by atoms with Gasteiger partial charge < -0.3 is 20.9 Å². The van der Waals surface area contributed by atoms with Crippen molar-refractivity contribution >= 4 is 29.4 Å². The van der Waals surface area contributed by atoms with Crippen LogP contribution in [0, 0.1) is 6.92 Å². The van der Waals surface area contributed by atoms with Crippen molar-refractivity contribution in [3.8, 4) is 0 Å². The summed E-state index contributed by atoms with van der Waals surface area (Å²) in [4.78, 5) is 27.7. The highest BCUT2D eigenvalue weighted by Gasteiger charge is 2.13. The van der Waals surface area contributed by atoms with Gasteiger partial charge in [-0.05, 0) is 36.8 Å². The van der Waals surface area contributed by atoms with Gasteiger partial charge in [0.2, 0.25) is 0 Å². The van der Waals surface area contributed by atoms with Gasteiger partial charge in [-0.25, -0.2) is 9.78 Å². The molecule has 3 aromatic rings. The maximum absolute atomic E-state index is 12.6. The van der Waals surface area contributed by atoms with E-state index in [0.717, 1.165) is 17.0 Å². The molecule has 0 fully saturated rings. The number of pyridine rings is 1. The lowest BCUT2D eigenvalue weighted by Gasteiger charge is -2.09. The molecule has 2 aromatic heterocycles. The molecule has 9 heteroatoms. The average Bonchev–Trinajstić information content (AvgIpc) is 3.10. The highest BCUT2D eigenvalue weighted by atomic mass is 32.2. The number of amides is 3. The molecular formula is C19H19N5O3S. The second kappa shape index (κ2) is 9.05. The quantitative estimate of drug-likeness (QED) is 0.527. The first-order chi connectivity index (χ1) is 13.5. The number of rotatable bonds is 7. The van der Waals surface area contributed by atoms with Gasteiger partial charge >= 0.3 is 6.03 Å². The Bertz CT molecular complexity index is 972. The fraction of sp³-hybridized carbons (Fsp3) is 0.158. The zero-order valence-electron chi connectivity index (χ0n) is 15.1. The predicted octanol–water partition coefficient (Wildman–Crippen LogP) is 3.09. The molecule has 0 atom stereocenters. The fourth-order valence-electron chi connectivity index (χ4n) is 2.43. The number of carbonyl (C=O) groups is 2. The van der Waals surface area contributed by atoms with Crippen LogP contribution in [0.3, 0.4) is 0 Å². The molecule has 0 saturated carbocycles. The van der Waals surface area contributed by atoms with E-state index in [-0.39, 0.29) is 5.91 Å². The first-order valence-corrected chi connectivity index (χ1v) is 9.43. The number of hydrogen-bond acceptors (Lipinski definition) is 6. The molecule has 2 heterocycles. The van der Waals surface area contributed by atoms with Gasteiger partial charge in [-0.15, -0.1) is 0 Å². The van der Waals surface area contributed by atoms with Gasteiger partial charge in [-0.2, -0.15) is 0 Å². The molecule has 0 unspecified atom stereocenters. The number of anilines is 1. The Morgan fingerprint density at radius 2 is 2.00 bits per heavy atom. The molecule has 0 aliphatic heterocycles. The van der Waals surface area contributed by atoms with E-state index >= 15 is 0 Å². The summed E-state index contributed by atoms with van der Waals surface area (Å²) in [5.74, 6) is 1.08. The van der Waals surface area contributed by atoms with Crippen LogP contribution in [0.5, 0.6) is 0 Å². The lowest BCUT2D eigenvalue weighted by molar-refractivity contribution is 0.0947. The van der Waals surface area contributed by atoms with Gasteiger partial charge in [0.05, 0.1) is 11.3 Å². The van der Waals surface area contributed by atoms with Gasteiger partial charge in [0.1, 0.15) is 10.8 Å². The van der Waals surface area contributed by atoms with E-state index in [4.69, 9.17) is 10.3 Å². The lowest BCUT2D eigenvalue weighted by atomic mass is 10.2. The summed E-state index contributed by atoms with van der Waals surface area (Å²) in [7, 11) is 0. The number of aryl methyl sites for hydroxylation is 1. The third-order valence-corrected chi connectivity index (χ3v) is 4.76. The summed E-state index contributed by atoms with van der Waals surface area (Å²) in [6, 6.07) is 11.7. The molecule has 8 nitrogen and oxygen atoms in total. The Morgan fingerprint density at radius 1 is 1.21 bits per heavy atom. The number of nitrogens with one attached hydrogen (secondary N) is 2. The molecule has 0 spiro atoms. The van der Waals surface area contributed by atoms with Gasteiger partial charge in [-0.1, -0.05) is 29.1 Å². The first kappa shape index (κ1) is 19.4. The van der Waals surface area contributed by atoms with Gasteiger partial charge in [0.15, 0.2) is 0 Å². The van der Waals surface area contributed by atoms with Gasteiger partial charge in [0, 0.05) is 30.2 Å².